The van der Waals surface area contributed by atoms with Crippen molar-refractivity contribution in [3.8, 4) is 11.5 Å². The molecule has 0 aromatic heterocycles. The summed E-state index contributed by atoms with van der Waals surface area (Å²) in [7, 11) is 3.32. The van der Waals surface area contributed by atoms with Crippen LogP contribution in [-0.2, 0) is 11.3 Å². The number of rotatable bonds is 6. The number of hydrogen-bond acceptors (Lipinski definition) is 4. The summed E-state index contributed by atoms with van der Waals surface area (Å²) in [4.78, 5) is 13.5. The van der Waals surface area contributed by atoms with E-state index in [1.165, 1.54) is 0 Å². The van der Waals surface area contributed by atoms with E-state index in [0.717, 1.165) is 5.56 Å². The van der Waals surface area contributed by atoms with E-state index in [0.29, 0.717) is 18.8 Å². The molecule has 0 spiro atoms. The van der Waals surface area contributed by atoms with E-state index < -0.39 is 0 Å². The largest absolute Gasteiger partial charge is 0.507 e. The van der Waals surface area contributed by atoms with Gasteiger partial charge in [0, 0.05) is 31.8 Å². The van der Waals surface area contributed by atoms with Crippen LogP contribution in [0.1, 0.15) is 19.4 Å². The first kappa shape index (κ1) is 15.3. The Morgan fingerprint density at radius 1 is 1.53 bits per heavy atom. The molecule has 5 nitrogen and oxygen atoms in total. The third-order valence-corrected chi connectivity index (χ3v) is 3.11. The molecule has 0 saturated carbocycles. The minimum absolute atomic E-state index is 0.0375. The van der Waals surface area contributed by atoms with Crippen LogP contribution in [0.4, 0.5) is 0 Å². The molecule has 0 bridgehead atoms. The highest BCUT2D eigenvalue weighted by Gasteiger charge is 2.16. The molecule has 19 heavy (non-hydrogen) atoms. The van der Waals surface area contributed by atoms with Gasteiger partial charge in [-0.15, -0.1) is 0 Å². The van der Waals surface area contributed by atoms with Crippen molar-refractivity contribution in [1.29, 1.82) is 0 Å². The van der Waals surface area contributed by atoms with Crippen LogP contribution in [0.15, 0.2) is 18.2 Å². The number of benzene rings is 1. The summed E-state index contributed by atoms with van der Waals surface area (Å²) < 4.78 is 5.02. The molecule has 2 N–H and O–H groups in total. The van der Waals surface area contributed by atoms with Gasteiger partial charge in [-0.1, -0.05) is 6.07 Å². The number of likely N-dealkylation sites (N-methyl/N-ethyl adjacent to an activating group) is 1. The van der Waals surface area contributed by atoms with Gasteiger partial charge in [0.15, 0.2) is 0 Å². The first-order valence-corrected chi connectivity index (χ1v) is 6.33. The Hall–Kier alpha value is -1.75. The van der Waals surface area contributed by atoms with E-state index in [-0.39, 0.29) is 17.7 Å². The number of ether oxygens (including phenoxy) is 1. The smallest absolute Gasteiger partial charge is 0.239 e. The van der Waals surface area contributed by atoms with E-state index in [4.69, 9.17) is 4.74 Å². The number of nitrogens with one attached hydrogen (secondary N) is 1. The Balaban J connectivity index is 2.59. The molecule has 1 aromatic carbocycles. The molecule has 0 aliphatic rings. The number of aromatic hydroxyl groups is 1. The molecule has 1 unspecified atom stereocenters. The highest BCUT2D eigenvalue weighted by atomic mass is 16.5. The van der Waals surface area contributed by atoms with Gasteiger partial charge in [0.25, 0.3) is 0 Å². The normalized spacial score (nSPS) is 12.0. The summed E-state index contributed by atoms with van der Waals surface area (Å²) in [5.74, 6) is 0.807. The lowest BCUT2D eigenvalue weighted by Gasteiger charge is -2.20. The summed E-state index contributed by atoms with van der Waals surface area (Å²) in [6.07, 6.45) is 0. The van der Waals surface area contributed by atoms with Gasteiger partial charge in [-0.05, 0) is 19.9 Å². The summed E-state index contributed by atoms with van der Waals surface area (Å²) in [6, 6.07) is 4.83. The number of carbonyl (C=O) groups excluding carboxylic acids is 1. The lowest BCUT2D eigenvalue weighted by atomic mass is 10.1. The van der Waals surface area contributed by atoms with Crippen molar-refractivity contribution in [1.82, 2.24) is 10.2 Å². The fourth-order valence-electron chi connectivity index (χ4n) is 1.66. The minimum atomic E-state index is -0.286. The number of hydrogen-bond donors (Lipinski definition) is 2. The third kappa shape index (κ3) is 4.13. The Kier molecular flexibility index (Phi) is 5.63. The molecule has 0 saturated heterocycles. The fourth-order valence-corrected chi connectivity index (χ4v) is 1.66. The number of amides is 1. The molecule has 0 heterocycles. The number of phenols is 1. The number of nitrogens with zero attached hydrogens (tertiary/aromatic N) is 1. The molecule has 0 aliphatic carbocycles. The number of phenolic OH excluding ortho intramolecular Hbond substituents is 1. The Morgan fingerprint density at radius 2 is 2.21 bits per heavy atom. The number of carbonyl (C=O) groups is 1. The maximum atomic E-state index is 11.9. The van der Waals surface area contributed by atoms with Crippen LogP contribution >= 0.6 is 0 Å². The van der Waals surface area contributed by atoms with Crippen molar-refractivity contribution in [2.45, 2.75) is 26.4 Å². The minimum Gasteiger partial charge on any atom is -0.507 e. The average Bonchev–Trinajstić information content (AvgIpc) is 2.43. The van der Waals surface area contributed by atoms with E-state index in [1.807, 2.05) is 13.8 Å². The van der Waals surface area contributed by atoms with Gasteiger partial charge in [-0.2, -0.15) is 0 Å². The second-order valence-corrected chi connectivity index (χ2v) is 4.45. The third-order valence-electron chi connectivity index (χ3n) is 3.11. The van der Waals surface area contributed by atoms with E-state index in [1.54, 1.807) is 37.3 Å². The van der Waals surface area contributed by atoms with Crippen LogP contribution in [0.3, 0.4) is 0 Å². The van der Waals surface area contributed by atoms with Gasteiger partial charge in [0.1, 0.15) is 11.5 Å². The Bertz CT molecular complexity index is 435. The molecule has 1 atom stereocenters. The molecule has 0 aliphatic heterocycles. The molecular weight excluding hydrogens is 244 g/mol. The van der Waals surface area contributed by atoms with Crippen molar-refractivity contribution in [2.24, 2.45) is 0 Å². The predicted molar refractivity (Wildman–Crippen MR) is 74.3 cm³/mol. The fraction of sp³-hybridized carbons (Fsp3) is 0.500. The second kappa shape index (κ2) is 6.99. The lowest BCUT2D eigenvalue weighted by Crippen LogP contribution is -2.42. The Morgan fingerprint density at radius 3 is 2.74 bits per heavy atom. The molecule has 5 heteroatoms. The zero-order valence-electron chi connectivity index (χ0n) is 11.9. The van der Waals surface area contributed by atoms with Crippen LogP contribution < -0.4 is 10.1 Å². The van der Waals surface area contributed by atoms with Gasteiger partial charge in [0.05, 0.1) is 13.2 Å². The van der Waals surface area contributed by atoms with Crippen LogP contribution in [0.25, 0.3) is 0 Å². The van der Waals surface area contributed by atoms with Gasteiger partial charge in [-0.25, -0.2) is 0 Å². The topological polar surface area (TPSA) is 61.8 Å². The van der Waals surface area contributed by atoms with Crippen molar-refractivity contribution < 1.29 is 14.6 Å². The van der Waals surface area contributed by atoms with E-state index >= 15 is 0 Å². The predicted octanol–water partition coefficient (Wildman–Crippen LogP) is 1.36. The zero-order valence-corrected chi connectivity index (χ0v) is 11.9. The SMILES string of the molecule is CCN(C)C(=O)C(C)NCc1ccc(OC)cc1O. The monoisotopic (exact) mass is 266 g/mol. The van der Waals surface area contributed by atoms with Crippen molar-refractivity contribution in [3.63, 3.8) is 0 Å². The Labute approximate surface area is 114 Å². The summed E-state index contributed by atoms with van der Waals surface area (Å²) in [6.45, 7) is 4.86. The molecule has 0 fully saturated rings. The molecular formula is C14H22N2O3. The summed E-state index contributed by atoms with van der Waals surface area (Å²) >= 11 is 0. The first-order valence-electron chi connectivity index (χ1n) is 6.33. The van der Waals surface area contributed by atoms with Crippen molar-refractivity contribution in [3.05, 3.63) is 23.8 Å². The van der Waals surface area contributed by atoms with E-state index in [2.05, 4.69) is 5.32 Å². The van der Waals surface area contributed by atoms with Crippen LogP contribution in [-0.4, -0.2) is 42.7 Å². The van der Waals surface area contributed by atoms with Gasteiger partial charge in [-0.3, -0.25) is 4.79 Å². The van der Waals surface area contributed by atoms with Crippen molar-refractivity contribution >= 4 is 5.91 Å². The average molecular weight is 266 g/mol. The first-order chi connectivity index (χ1) is 8.99. The lowest BCUT2D eigenvalue weighted by molar-refractivity contribution is -0.131. The van der Waals surface area contributed by atoms with Gasteiger partial charge < -0.3 is 20.1 Å². The molecule has 106 valence electrons. The maximum absolute atomic E-state index is 11.9. The summed E-state index contributed by atoms with van der Waals surface area (Å²) in [5, 5.41) is 12.9. The van der Waals surface area contributed by atoms with Crippen LogP contribution in [0.5, 0.6) is 11.5 Å². The molecule has 0 radical (unpaired) electrons. The van der Waals surface area contributed by atoms with E-state index in [9.17, 15) is 9.90 Å². The molecule has 1 amide bonds. The highest BCUT2D eigenvalue weighted by Crippen LogP contribution is 2.23. The standard InChI is InChI=1S/C14H22N2O3/c1-5-16(3)14(18)10(2)15-9-11-6-7-12(19-4)8-13(11)17/h6-8,10,15,17H,5,9H2,1-4H3. The van der Waals surface area contributed by atoms with Gasteiger partial charge >= 0.3 is 0 Å². The second-order valence-electron chi connectivity index (χ2n) is 4.45. The molecule has 1 rings (SSSR count). The quantitative estimate of drug-likeness (QED) is 0.816. The summed E-state index contributed by atoms with van der Waals surface area (Å²) in [5.41, 5.74) is 0.736. The molecule has 1 aromatic rings. The number of methoxy groups -OCH3 is 1. The highest BCUT2D eigenvalue weighted by molar-refractivity contribution is 5.81. The zero-order chi connectivity index (χ0) is 14.4. The van der Waals surface area contributed by atoms with Gasteiger partial charge in [0.2, 0.25) is 5.91 Å². The van der Waals surface area contributed by atoms with Crippen LogP contribution in [0.2, 0.25) is 0 Å². The maximum Gasteiger partial charge on any atom is 0.239 e. The van der Waals surface area contributed by atoms with Crippen molar-refractivity contribution in [2.75, 3.05) is 20.7 Å². The van der Waals surface area contributed by atoms with Crippen LogP contribution in [0, 0.1) is 0 Å².